The first-order chi connectivity index (χ1) is 9.33. The van der Waals surface area contributed by atoms with Crippen LogP contribution in [0.3, 0.4) is 0 Å². The first-order valence-corrected chi connectivity index (χ1v) is 5.95. The van der Waals surface area contributed by atoms with Crippen LogP contribution in [0.5, 0.6) is 5.75 Å². The average Bonchev–Trinajstić information content (AvgIpc) is 2.44. The van der Waals surface area contributed by atoms with Crippen LogP contribution >= 0.6 is 0 Å². The molecule has 0 aromatic carbocycles. The van der Waals surface area contributed by atoms with Crippen LogP contribution in [-0.4, -0.2) is 45.0 Å². The van der Waals surface area contributed by atoms with Crippen molar-refractivity contribution in [1.29, 1.82) is 0 Å². The van der Waals surface area contributed by atoms with E-state index < -0.39 is 0 Å². The van der Waals surface area contributed by atoms with Crippen molar-refractivity contribution < 1.29 is 9.53 Å². The van der Waals surface area contributed by atoms with E-state index in [1.165, 1.54) is 12.4 Å². The van der Waals surface area contributed by atoms with Crippen molar-refractivity contribution in [3.8, 4) is 5.75 Å². The number of hydrogen-bond acceptors (Lipinski definition) is 5. The third-order valence-electron chi connectivity index (χ3n) is 2.85. The number of nitrogens with zero attached hydrogens (tertiary/aromatic N) is 4. The van der Waals surface area contributed by atoms with Gasteiger partial charge in [0.2, 0.25) is 0 Å². The fourth-order valence-corrected chi connectivity index (χ4v) is 1.86. The van der Waals surface area contributed by atoms with Gasteiger partial charge in [-0.3, -0.25) is 14.8 Å². The molecule has 96 valence electrons. The average molecular weight is 256 g/mol. The maximum Gasteiger partial charge on any atom is 0.274 e. The van der Waals surface area contributed by atoms with E-state index in [2.05, 4.69) is 15.0 Å². The number of hydrogen-bond donors (Lipinski definition) is 0. The highest BCUT2D eigenvalue weighted by molar-refractivity contribution is 5.92. The molecule has 1 amide bonds. The van der Waals surface area contributed by atoms with E-state index in [1.54, 1.807) is 23.5 Å². The van der Waals surface area contributed by atoms with Crippen LogP contribution in [0.15, 0.2) is 43.1 Å². The Morgan fingerprint density at radius 3 is 2.74 bits per heavy atom. The van der Waals surface area contributed by atoms with Crippen molar-refractivity contribution >= 4 is 5.91 Å². The Morgan fingerprint density at radius 2 is 2.05 bits per heavy atom. The molecule has 0 spiro atoms. The lowest BCUT2D eigenvalue weighted by Gasteiger charge is -2.38. The lowest BCUT2D eigenvalue weighted by molar-refractivity contribution is 0.0172. The molecule has 0 bridgehead atoms. The summed E-state index contributed by atoms with van der Waals surface area (Å²) in [7, 11) is 0. The minimum absolute atomic E-state index is 0.0184. The molecule has 2 aromatic heterocycles. The normalized spacial score (nSPS) is 14.8. The molecule has 0 radical (unpaired) electrons. The molecule has 1 saturated heterocycles. The fourth-order valence-electron chi connectivity index (χ4n) is 1.86. The summed E-state index contributed by atoms with van der Waals surface area (Å²) >= 11 is 0. The number of carbonyl (C=O) groups excluding carboxylic acids is 1. The summed E-state index contributed by atoms with van der Waals surface area (Å²) in [6.45, 7) is 1.12. The summed E-state index contributed by atoms with van der Waals surface area (Å²) in [6.07, 6.45) is 7.89. The van der Waals surface area contributed by atoms with E-state index in [1.807, 2.05) is 12.1 Å². The van der Waals surface area contributed by atoms with Gasteiger partial charge in [-0.2, -0.15) is 0 Å². The molecule has 3 heterocycles. The van der Waals surface area contributed by atoms with Gasteiger partial charge < -0.3 is 9.64 Å². The summed E-state index contributed by atoms with van der Waals surface area (Å²) in [5.74, 6) is 0.609. The minimum atomic E-state index is -0.112. The second-order valence-corrected chi connectivity index (χ2v) is 4.23. The highest BCUT2D eigenvalue weighted by Gasteiger charge is 2.33. The van der Waals surface area contributed by atoms with Gasteiger partial charge in [0.25, 0.3) is 5.91 Å². The lowest BCUT2D eigenvalue weighted by Crippen LogP contribution is -2.56. The molecule has 3 rings (SSSR count). The van der Waals surface area contributed by atoms with Crippen LogP contribution < -0.4 is 4.74 Å². The van der Waals surface area contributed by atoms with Crippen LogP contribution in [-0.2, 0) is 0 Å². The van der Waals surface area contributed by atoms with Crippen molar-refractivity contribution in [2.24, 2.45) is 0 Å². The zero-order valence-electron chi connectivity index (χ0n) is 10.1. The fraction of sp³-hybridized carbons (Fsp3) is 0.231. The Labute approximate surface area is 110 Å². The topological polar surface area (TPSA) is 68.2 Å². The van der Waals surface area contributed by atoms with Gasteiger partial charge in [-0.1, -0.05) is 0 Å². The summed E-state index contributed by atoms with van der Waals surface area (Å²) < 4.78 is 5.67. The molecule has 2 aromatic rings. The molecule has 19 heavy (non-hydrogen) atoms. The first kappa shape index (κ1) is 11.6. The molecule has 0 N–H and O–H groups in total. The van der Waals surface area contributed by atoms with Crippen molar-refractivity contribution in [3.63, 3.8) is 0 Å². The Morgan fingerprint density at radius 1 is 1.21 bits per heavy atom. The van der Waals surface area contributed by atoms with Gasteiger partial charge in [0.05, 0.1) is 25.5 Å². The van der Waals surface area contributed by atoms with Gasteiger partial charge in [0.15, 0.2) is 0 Å². The molecule has 0 unspecified atom stereocenters. The Kier molecular flexibility index (Phi) is 3.06. The van der Waals surface area contributed by atoms with E-state index in [0.717, 1.165) is 5.75 Å². The van der Waals surface area contributed by atoms with E-state index in [9.17, 15) is 4.79 Å². The minimum Gasteiger partial charge on any atom is -0.485 e. The number of carbonyl (C=O) groups is 1. The van der Waals surface area contributed by atoms with Crippen molar-refractivity contribution in [2.45, 2.75) is 6.10 Å². The second kappa shape index (κ2) is 5.01. The molecule has 0 atom stereocenters. The highest BCUT2D eigenvalue weighted by atomic mass is 16.5. The molecular formula is C13H12N4O2. The Hall–Kier alpha value is -2.50. The van der Waals surface area contributed by atoms with Gasteiger partial charge in [-0.25, -0.2) is 4.98 Å². The summed E-state index contributed by atoms with van der Waals surface area (Å²) in [6, 6.07) is 3.66. The standard InChI is InChI=1S/C13H12N4O2/c18-13(12-7-15-4-5-16-12)17-8-11(9-17)19-10-2-1-3-14-6-10/h1-7,11H,8-9H2. The van der Waals surface area contributed by atoms with Crippen LogP contribution in [0.2, 0.25) is 0 Å². The summed E-state index contributed by atoms with van der Waals surface area (Å²) in [5.41, 5.74) is 0.363. The number of ether oxygens (including phenoxy) is 1. The highest BCUT2D eigenvalue weighted by Crippen LogP contribution is 2.18. The molecule has 6 nitrogen and oxygen atoms in total. The third kappa shape index (κ3) is 2.52. The predicted molar refractivity (Wildman–Crippen MR) is 66.6 cm³/mol. The van der Waals surface area contributed by atoms with Crippen molar-refractivity contribution in [3.05, 3.63) is 48.8 Å². The maximum absolute atomic E-state index is 12.0. The largest absolute Gasteiger partial charge is 0.485 e. The molecule has 1 aliphatic rings. The number of likely N-dealkylation sites (tertiary alicyclic amines) is 1. The summed E-state index contributed by atoms with van der Waals surface area (Å²) in [5, 5.41) is 0. The maximum atomic E-state index is 12.0. The van der Waals surface area contributed by atoms with Gasteiger partial charge in [-0.15, -0.1) is 0 Å². The third-order valence-corrected chi connectivity index (χ3v) is 2.85. The molecule has 0 aliphatic carbocycles. The van der Waals surface area contributed by atoms with E-state index in [4.69, 9.17) is 4.74 Å². The second-order valence-electron chi connectivity index (χ2n) is 4.23. The lowest BCUT2D eigenvalue weighted by atomic mass is 10.1. The number of rotatable bonds is 3. The smallest absolute Gasteiger partial charge is 0.274 e. The quantitative estimate of drug-likeness (QED) is 0.811. The Balaban J connectivity index is 1.54. The van der Waals surface area contributed by atoms with Crippen molar-refractivity contribution in [1.82, 2.24) is 19.9 Å². The predicted octanol–water partition coefficient (Wildman–Crippen LogP) is 0.775. The molecule has 1 fully saturated rings. The van der Waals surface area contributed by atoms with Gasteiger partial charge >= 0.3 is 0 Å². The van der Waals surface area contributed by atoms with Gasteiger partial charge in [0.1, 0.15) is 17.5 Å². The zero-order valence-corrected chi connectivity index (χ0v) is 10.1. The molecule has 1 aliphatic heterocycles. The van der Waals surface area contributed by atoms with Crippen LogP contribution in [0.25, 0.3) is 0 Å². The van der Waals surface area contributed by atoms with Crippen molar-refractivity contribution in [2.75, 3.05) is 13.1 Å². The van der Waals surface area contributed by atoms with Crippen LogP contribution in [0, 0.1) is 0 Å². The van der Waals surface area contributed by atoms with E-state index in [0.29, 0.717) is 18.8 Å². The number of aromatic nitrogens is 3. The monoisotopic (exact) mass is 256 g/mol. The molecular weight excluding hydrogens is 244 g/mol. The molecule has 6 heteroatoms. The van der Waals surface area contributed by atoms with Crippen LogP contribution in [0.4, 0.5) is 0 Å². The van der Waals surface area contributed by atoms with Gasteiger partial charge in [-0.05, 0) is 12.1 Å². The van der Waals surface area contributed by atoms with E-state index >= 15 is 0 Å². The molecule has 0 saturated carbocycles. The van der Waals surface area contributed by atoms with Crippen LogP contribution in [0.1, 0.15) is 10.5 Å². The SMILES string of the molecule is O=C(c1cnccn1)N1CC(Oc2cccnc2)C1. The Bertz CT molecular complexity index is 555. The number of pyridine rings is 1. The first-order valence-electron chi connectivity index (χ1n) is 5.95. The summed E-state index contributed by atoms with van der Waals surface area (Å²) in [4.78, 5) is 25.5. The zero-order chi connectivity index (χ0) is 13.1. The number of amides is 1. The van der Waals surface area contributed by atoms with Gasteiger partial charge in [0, 0.05) is 18.6 Å². The van der Waals surface area contributed by atoms with E-state index in [-0.39, 0.29) is 12.0 Å².